The molecule has 0 fully saturated rings. The first-order chi connectivity index (χ1) is 11.9. The van der Waals surface area contributed by atoms with Gasteiger partial charge >= 0.3 is 6.18 Å². The number of alkyl halides is 3. The third-order valence-electron chi connectivity index (χ3n) is 3.37. The van der Waals surface area contributed by atoms with Crippen LogP contribution in [0.4, 0.5) is 18.9 Å². The topological polar surface area (TPSA) is 59.6 Å². The molecule has 0 unspecified atom stereocenters. The lowest BCUT2D eigenvalue weighted by Gasteiger charge is -2.09. The molecule has 134 valence electrons. The monoisotopic (exact) mass is 351 g/mol. The summed E-state index contributed by atoms with van der Waals surface area (Å²) >= 11 is 0. The van der Waals surface area contributed by atoms with Crippen molar-refractivity contribution in [3.8, 4) is 5.75 Å². The number of aryl methyl sites for hydroxylation is 1. The van der Waals surface area contributed by atoms with Crippen molar-refractivity contribution in [2.75, 3.05) is 11.9 Å². The summed E-state index contributed by atoms with van der Waals surface area (Å²) in [5.74, 6) is 0.429. The standard InChI is InChI=1S/C18H20F3N3O/c1-2-13-4-3-5-15(10-13)24-17(22)23-11-14-6-8-16(9-7-14)25-12-18(19,20)21/h3-10H,2,11-12H2,1H3,(H3,22,23,24). The number of aliphatic imine (C=N–C) groups is 1. The Morgan fingerprint density at radius 3 is 2.48 bits per heavy atom. The Balaban J connectivity index is 1.89. The number of hydrogen-bond donors (Lipinski definition) is 2. The molecule has 4 nitrogen and oxygen atoms in total. The number of guanidine groups is 1. The lowest BCUT2D eigenvalue weighted by molar-refractivity contribution is -0.153. The van der Waals surface area contributed by atoms with E-state index in [0.29, 0.717) is 6.54 Å². The minimum absolute atomic E-state index is 0.160. The fourth-order valence-electron chi connectivity index (χ4n) is 2.09. The average molecular weight is 351 g/mol. The van der Waals surface area contributed by atoms with Crippen LogP contribution in [-0.2, 0) is 13.0 Å². The number of benzene rings is 2. The van der Waals surface area contributed by atoms with Crippen molar-refractivity contribution in [3.05, 3.63) is 59.7 Å². The number of halogens is 3. The molecule has 0 saturated carbocycles. The molecule has 2 rings (SSSR count). The molecule has 0 spiro atoms. The summed E-state index contributed by atoms with van der Waals surface area (Å²) in [6, 6.07) is 14.1. The van der Waals surface area contributed by atoms with Crippen LogP contribution in [0.25, 0.3) is 0 Å². The average Bonchev–Trinajstić information content (AvgIpc) is 2.58. The summed E-state index contributed by atoms with van der Waals surface area (Å²) in [4.78, 5) is 4.22. The maximum Gasteiger partial charge on any atom is 0.422 e. The van der Waals surface area contributed by atoms with Gasteiger partial charge < -0.3 is 15.8 Å². The van der Waals surface area contributed by atoms with Gasteiger partial charge in [0.2, 0.25) is 0 Å². The zero-order valence-corrected chi connectivity index (χ0v) is 13.8. The molecule has 0 atom stereocenters. The molecule has 0 saturated heterocycles. The fourth-order valence-corrected chi connectivity index (χ4v) is 2.09. The number of rotatable bonds is 6. The number of nitrogens with zero attached hydrogens (tertiary/aromatic N) is 1. The first-order valence-electron chi connectivity index (χ1n) is 7.80. The van der Waals surface area contributed by atoms with Crippen LogP contribution in [0.5, 0.6) is 5.75 Å². The highest BCUT2D eigenvalue weighted by molar-refractivity contribution is 5.92. The minimum atomic E-state index is -4.35. The Bertz CT molecular complexity index is 712. The molecule has 0 aliphatic rings. The van der Waals surface area contributed by atoms with Gasteiger partial charge in [0.05, 0.1) is 6.54 Å². The molecule has 0 radical (unpaired) electrons. The fraction of sp³-hybridized carbons (Fsp3) is 0.278. The Kier molecular flexibility index (Phi) is 6.27. The molecule has 0 amide bonds. The molecule has 2 aromatic rings. The van der Waals surface area contributed by atoms with Crippen molar-refractivity contribution in [2.24, 2.45) is 10.7 Å². The highest BCUT2D eigenvalue weighted by atomic mass is 19.4. The molecule has 0 bridgehead atoms. The van der Waals surface area contributed by atoms with E-state index >= 15 is 0 Å². The van der Waals surface area contributed by atoms with Crippen LogP contribution in [0.15, 0.2) is 53.5 Å². The number of hydrogen-bond acceptors (Lipinski definition) is 2. The minimum Gasteiger partial charge on any atom is -0.484 e. The van der Waals surface area contributed by atoms with Gasteiger partial charge in [0.15, 0.2) is 12.6 Å². The van der Waals surface area contributed by atoms with Crippen molar-refractivity contribution in [2.45, 2.75) is 26.1 Å². The van der Waals surface area contributed by atoms with E-state index in [9.17, 15) is 13.2 Å². The molecule has 0 heterocycles. The van der Waals surface area contributed by atoms with Crippen molar-refractivity contribution in [1.29, 1.82) is 0 Å². The summed E-state index contributed by atoms with van der Waals surface area (Å²) in [5.41, 5.74) is 8.72. The molecule has 0 aliphatic heterocycles. The van der Waals surface area contributed by atoms with Gasteiger partial charge in [-0.1, -0.05) is 31.2 Å². The van der Waals surface area contributed by atoms with Gasteiger partial charge in [-0.25, -0.2) is 4.99 Å². The van der Waals surface area contributed by atoms with Crippen molar-refractivity contribution in [1.82, 2.24) is 0 Å². The van der Waals surface area contributed by atoms with Gasteiger partial charge in [-0.15, -0.1) is 0 Å². The normalized spacial score (nSPS) is 12.1. The third-order valence-corrected chi connectivity index (χ3v) is 3.37. The van der Waals surface area contributed by atoms with E-state index in [1.807, 2.05) is 24.3 Å². The summed E-state index contributed by atoms with van der Waals surface area (Å²) in [5, 5.41) is 3.01. The predicted octanol–water partition coefficient (Wildman–Crippen LogP) is 4.12. The largest absolute Gasteiger partial charge is 0.484 e. The van der Waals surface area contributed by atoms with E-state index in [0.717, 1.165) is 17.7 Å². The van der Waals surface area contributed by atoms with Crippen LogP contribution in [-0.4, -0.2) is 18.7 Å². The number of nitrogens with two attached hydrogens (primary N) is 1. The smallest absolute Gasteiger partial charge is 0.422 e. The number of nitrogens with one attached hydrogen (secondary N) is 1. The number of anilines is 1. The summed E-state index contributed by atoms with van der Waals surface area (Å²) in [6.45, 7) is 1.07. The molecule has 0 aromatic heterocycles. The highest BCUT2D eigenvalue weighted by Crippen LogP contribution is 2.19. The summed E-state index contributed by atoms with van der Waals surface area (Å²) in [6.07, 6.45) is -3.42. The van der Waals surface area contributed by atoms with Crippen LogP contribution < -0.4 is 15.8 Å². The molecular weight excluding hydrogens is 331 g/mol. The van der Waals surface area contributed by atoms with Crippen molar-refractivity contribution in [3.63, 3.8) is 0 Å². The summed E-state index contributed by atoms with van der Waals surface area (Å²) < 4.78 is 40.9. The molecular formula is C18H20F3N3O. The van der Waals surface area contributed by atoms with Gasteiger partial charge in [-0.05, 0) is 41.8 Å². The van der Waals surface area contributed by atoms with E-state index in [-0.39, 0.29) is 11.7 Å². The quantitative estimate of drug-likeness (QED) is 0.608. The third kappa shape index (κ3) is 6.74. The Morgan fingerprint density at radius 2 is 1.84 bits per heavy atom. The second-order valence-electron chi connectivity index (χ2n) is 5.43. The van der Waals surface area contributed by atoms with Crippen LogP contribution in [0, 0.1) is 0 Å². The molecule has 2 aromatic carbocycles. The second kappa shape index (κ2) is 8.41. The van der Waals surface area contributed by atoms with Crippen LogP contribution in [0.2, 0.25) is 0 Å². The Morgan fingerprint density at radius 1 is 1.12 bits per heavy atom. The van der Waals surface area contributed by atoms with E-state index < -0.39 is 12.8 Å². The zero-order chi connectivity index (χ0) is 18.3. The van der Waals surface area contributed by atoms with E-state index in [4.69, 9.17) is 5.73 Å². The highest BCUT2D eigenvalue weighted by Gasteiger charge is 2.28. The van der Waals surface area contributed by atoms with Crippen molar-refractivity contribution >= 4 is 11.6 Å². The van der Waals surface area contributed by atoms with Crippen LogP contribution in [0.3, 0.4) is 0 Å². The van der Waals surface area contributed by atoms with Crippen LogP contribution >= 0.6 is 0 Å². The Hall–Kier alpha value is -2.70. The lowest BCUT2D eigenvalue weighted by Crippen LogP contribution is -2.22. The Labute approximate surface area is 144 Å². The predicted molar refractivity (Wildman–Crippen MR) is 92.8 cm³/mol. The van der Waals surface area contributed by atoms with Gasteiger partial charge in [-0.2, -0.15) is 13.2 Å². The first-order valence-corrected chi connectivity index (χ1v) is 7.80. The lowest BCUT2D eigenvalue weighted by atomic mass is 10.1. The first kappa shape index (κ1) is 18.6. The number of ether oxygens (including phenoxy) is 1. The second-order valence-corrected chi connectivity index (χ2v) is 5.43. The zero-order valence-electron chi connectivity index (χ0n) is 13.8. The maximum atomic E-state index is 12.1. The van der Waals surface area contributed by atoms with Gasteiger partial charge in [0.1, 0.15) is 5.75 Å². The van der Waals surface area contributed by atoms with Crippen LogP contribution in [0.1, 0.15) is 18.1 Å². The molecule has 7 heteroatoms. The maximum absolute atomic E-state index is 12.1. The van der Waals surface area contributed by atoms with Gasteiger partial charge in [0.25, 0.3) is 0 Å². The molecule has 0 aliphatic carbocycles. The SMILES string of the molecule is CCc1cccc(NC(N)=NCc2ccc(OCC(F)(F)F)cc2)c1. The van der Waals surface area contributed by atoms with E-state index in [1.165, 1.54) is 17.7 Å². The van der Waals surface area contributed by atoms with Gasteiger partial charge in [0, 0.05) is 5.69 Å². The van der Waals surface area contributed by atoms with E-state index in [2.05, 4.69) is 22.0 Å². The van der Waals surface area contributed by atoms with Crippen molar-refractivity contribution < 1.29 is 17.9 Å². The molecule has 3 N–H and O–H groups in total. The summed E-state index contributed by atoms with van der Waals surface area (Å²) in [7, 11) is 0. The van der Waals surface area contributed by atoms with Gasteiger partial charge in [-0.3, -0.25) is 0 Å². The molecule has 25 heavy (non-hydrogen) atoms. The van der Waals surface area contributed by atoms with E-state index in [1.54, 1.807) is 12.1 Å².